The molecule has 9 nitrogen and oxygen atoms in total. The molecule has 12 rings (SSSR count). The average molecular weight is 2280 g/mol. The van der Waals surface area contributed by atoms with Crippen molar-refractivity contribution in [2.45, 2.75) is 294 Å². The molecule has 0 bridgehead atoms. The number of aliphatic hydroxyl groups is 3. The third kappa shape index (κ3) is 17.0. The first-order chi connectivity index (χ1) is 42.7. The fraction of sp³-hybridized carbons (Fsp3) is 0.920. The summed E-state index contributed by atoms with van der Waals surface area (Å²) in [5, 5.41) is 34.2. The van der Waals surface area contributed by atoms with E-state index in [9.17, 15) is 32.4 Å². The number of rotatable bonds is 12. The van der Waals surface area contributed by atoms with Crippen molar-refractivity contribution in [1.29, 1.82) is 0 Å². The Kier molecular flexibility index (Phi) is 31.6. The number of fused-ring (bicyclic) bond motifs is 15. The summed E-state index contributed by atoms with van der Waals surface area (Å²) in [6.45, 7) is 26.6. The first kappa shape index (κ1) is 78.1. The minimum absolute atomic E-state index is 0. The first-order valence-electron chi connectivity index (χ1n) is 37.3. The summed E-state index contributed by atoms with van der Waals surface area (Å²) >= 11 is 1.000. The first-order valence-corrected chi connectivity index (χ1v) is 38.9. The fourth-order valence-corrected chi connectivity index (χ4v) is 24.5. The fourth-order valence-electron chi connectivity index (χ4n) is 24.5. The van der Waals surface area contributed by atoms with Gasteiger partial charge in [-0.3, -0.25) is 0 Å². The van der Waals surface area contributed by atoms with Crippen LogP contribution < -0.4 is 0 Å². The molecule has 12 fully saturated rings. The summed E-state index contributed by atoms with van der Waals surface area (Å²) in [7, 11) is 0. The summed E-state index contributed by atoms with van der Waals surface area (Å²) in [6, 6.07) is 0. The number of Topliss-reactive ketones (excluding diaryl/α,β-unsaturated/α-hetero) is 3. The topological polar surface area (TPSA) is 163 Å². The van der Waals surface area contributed by atoms with Crippen molar-refractivity contribution in [3.63, 3.8) is 0 Å². The molecule has 12 saturated carbocycles. The molecule has 0 aromatic heterocycles. The van der Waals surface area contributed by atoms with Gasteiger partial charge in [0, 0.05) is 85.2 Å². The van der Waals surface area contributed by atoms with E-state index in [-0.39, 0.29) is 114 Å². The third-order valence-corrected chi connectivity index (χ3v) is 29.3. The van der Waals surface area contributed by atoms with Gasteiger partial charge in [-0.15, -0.1) is 0 Å². The monoisotopic (exact) mass is 2280 g/mol. The summed E-state index contributed by atoms with van der Waals surface area (Å²) in [6.07, 6.45) is 34.5. The molecule has 0 radical (unpaired) electrons. The van der Waals surface area contributed by atoms with E-state index in [2.05, 4.69) is 81.6 Å². The zero-order valence-electron chi connectivity index (χ0n) is 61.5. The van der Waals surface area contributed by atoms with E-state index in [4.69, 9.17) is 12.9 Å². The van der Waals surface area contributed by atoms with E-state index in [1.54, 1.807) is 20.8 Å². The maximum Gasteiger partial charge on any atom is 0 e. The Bertz CT molecular complexity index is 2500. The van der Waals surface area contributed by atoms with E-state index in [0.717, 1.165) is 96.3 Å². The molecule has 12 aliphatic rings. The zero-order chi connectivity index (χ0) is 67.9. The van der Waals surface area contributed by atoms with Crippen LogP contribution >= 0.6 is 0 Å². The van der Waals surface area contributed by atoms with Crippen LogP contribution in [0.1, 0.15) is 281 Å². The summed E-state index contributed by atoms with van der Waals surface area (Å²) in [5.74, 6) is 5.77. The number of carbonyl (C=O) groups is 3. The molecular weight excluding hydrogens is 2150 g/mol. The van der Waals surface area contributed by atoms with E-state index < -0.39 is 30.1 Å². The Hall–Kier alpha value is 2.42. The maximum atomic E-state index is 11.5. The van der Waals surface area contributed by atoms with Crippen LogP contribution in [0.3, 0.4) is 0 Å². The molecule has 0 aromatic rings. The Morgan fingerprint density at radius 2 is 0.711 bits per heavy atom. The molecule has 3 N–H and O–H groups in total. The smallest absolute Gasteiger partial charge is 0 e. The van der Waals surface area contributed by atoms with E-state index >= 15 is 0 Å². The Labute approximate surface area is 631 Å². The van der Waals surface area contributed by atoms with Crippen molar-refractivity contribution < 1.29 is 168 Å². The molecule has 0 heterocycles. The molecule has 0 aromatic carbocycles. The van der Waals surface area contributed by atoms with Gasteiger partial charge in [-0.2, -0.15) is 38.5 Å². The molecule has 516 valence electrons. The summed E-state index contributed by atoms with van der Waals surface area (Å²) in [5.41, 5.74) is 1.02. The van der Waals surface area contributed by atoms with Gasteiger partial charge in [0.05, 0.1) is 21.0 Å². The standard InChI is InChI=1S/3C25H41O2.3O.6W/c3*1-16(8-9-17(2)26)19-10-11-20-23-21(12-14-25(19,20)4)24(3)13-6-5-7-18(24)15-22(23)27;;;;;;;;;/h3*5,16,18-23,27H,6-15H2,1-4H3;;;;;;;;;/q3*-1;;;;;;;;;/t3*16?,18-,19+,20?,21?,22+,23-,24-,25+;;;;;;;;;/m000........./s1/i22D,23D;23D;22D;;;;;;;;;. The van der Waals surface area contributed by atoms with Gasteiger partial charge in [-0.25, -0.2) is 0 Å². The molecule has 0 aliphatic heterocycles. The molecule has 12 aliphatic carbocycles. The molecule has 90 heavy (non-hydrogen) atoms. The van der Waals surface area contributed by atoms with Gasteiger partial charge in [0.25, 0.3) is 0 Å². The van der Waals surface area contributed by atoms with Crippen LogP contribution in [0.5, 0.6) is 0 Å². The zero-order valence-corrected chi connectivity index (χ0v) is 75.1. The van der Waals surface area contributed by atoms with Gasteiger partial charge in [0.2, 0.25) is 0 Å². The van der Waals surface area contributed by atoms with Gasteiger partial charge < -0.3 is 49.0 Å². The second-order valence-electron chi connectivity index (χ2n) is 33.1. The number of ketones is 3. The van der Waals surface area contributed by atoms with Gasteiger partial charge in [-0.1, -0.05) is 99.3 Å². The predicted octanol–water partition coefficient (Wildman–Crippen LogP) is 17.1. The maximum absolute atomic E-state index is 11.5. The Balaban J connectivity index is 0.000000284. The van der Waals surface area contributed by atoms with Gasteiger partial charge >= 0.3 is 69.5 Å². The number of carbonyl (C=O) groups excluding carboxylic acids is 3. The minimum Gasteiger partial charge on any atom is 0 e. The molecule has 0 spiro atoms. The molecule has 0 amide bonds. The summed E-state index contributed by atoms with van der Waals surface area (Å²) in [4.78, 5) is 34.5. The minimum atomic E-state index is -1.66. The van der Waals surface area contributed by atoms with Crippen molar-refractivity contribution in [2.75, 3.05) is 0 Å². The second kappa shape index (κ2) is 36.3. The average Bonchev–Trinajstić information content (AvgIpc) is 1.24. The largest absolute Gasteiger partial charge is 0 e. The Morgan fingerprint density at radius 3 is 1.10 bits per heavy atom. The quantitative estimate of drug-likeness (QED) is 0.161. The van der Waals surface area contributed by atoms with Crippen molar-refractivity contribution >= 4 is 17.3 Å². The van der Waals surface area contributed by atoms with E-state index in [0.29, 0.717) is 185 Å². The SMILES string of the molecule is [2H][C@@]1(O)C[C@@H]2C[CH-]CC[C@]2(C)C2CC[C@@]3(C)C(CC[C@@H]3C(C)CCC(C)=O)[C@@H]21.[2H][C@]12C3CC[C@H](C(C)CCC(C)=O)[C@@]3(C)CCC1[C@@]1(C)CC[CH-]C[C@H]1C[C@@]2([2H])O.[2H][C@]12C3CC[C@H](C(C)CCC(C)=O)[C@@]3(C)CCC1[C@@]1(C)CC[CH-]C[C@H]1C[C@H]2O.[O]=[W].[O]=[W].[O]=[W].[W].[W].[W]. The van der Waals surface area contributed by atoms with Crippen LogP contribution in [0.25, 0.3) is 0 Å². The Morgan fingerprint density at radius 1 is 0.422 bits per heavy atom. The van der Waals surface area contributed by atoms with Gasteiger partial charge in [0.1, 0.15) is 17.3 Å². The van der Waals surface area contributed by atoms with Crippen molar-refractivity contribution in [2.24, 2.45) is 139 Å². The molecule has 9 unspecified atom stereocenters. The van der Waals surface area contributed by atoms with Crippen LogP contribution in [0.4, 0.5) is 0 Å². The third-order valence-electron chi connectivity index (χ3n) is 29.3. The van der Waals surface area contributed by atoms with Crippen molar-refractivity contribution in [1.82, 2.24) is 0 Å². The van der Waals surface area contributed by atoms with E-state index in [1.807, 2.05) is 0 Å². The molecule has 27 atom stereocenters. The van der Waals surface area contributed by atoms with Crippen LogP contribution in [-0.4, -0.2) is 50.9 Å². The van der Waals surface area contributed by atoms with Crippen LogP contribution in [0.15, 0.2) is 0 Å². The second-order valence-corrected chi connectivity index (χ2v) is 33.1. The van der Waals surface area contributed by atoms with Crippen LogP contribution in [0, 0.1) is 158 Å². The number of aliphatic hydroxyl groups excluding tert-OH is 1. The van der Waals surface area contributed by atoms with Crippen LogP contribution in [0.2, 0.25) is 0 Å². The molecule has 0 saturated heterocycles. The molecular formula is C75H123O9W6-3. The van der Waals surface area contributed by atoms with Crippen LogP contribution in [-0.2, 0) is 147 Å². The normalized spacial score (nSPS) is 49.4. The van der Waals surface area contributed by atoms with Crippen molar-refractivity contribution in [3.05, 3.63) is 19.3 Å². The number of hydrogen-bond acceptors (Lipinski definition) is 9. The predicted molar refractivity (Wildman–Crippen MR) is 332 cm³/mol. The van der Waals surface area contributed by atoms with E-state index in [1.165, 1.54) is 64.2 Å². The summed E-state index contributed by atoms with van der Waals surface area (Å²) < 4.78 is 62.6. The van der Waals surface area contributed by atoms with Gasteiger partial charge in [-0.05, 0) is 258 Å². The van der Waals surface area contributed by atoms with Crippen molar-refractivity contribution in [3.8, 4) is 0 Å². The van der Waals surface area contributed by atoms with Gasteiger partial charge in [0.15, 0.2) is 0 Å². The number of hydrogen-bond donors (Lipinski definition) is 3. The molecule has 15 heteroatoms.